The maximum absolute atomic E-state index is 13.2. The molecule has 2 saturated carbocycles. The van der Waals surface area contributed by atoms with Crippen LogP contribution < -0.4 is 10.2 Å². The largest absolute Gasteiger partial charge is 0.322 e. The Balaban J connectivity index is 1.21. The molecule has 3 amide bonds. The number of rotatable bonds is 4. The zero-order valence-electron chi connectivity index (χ0n) is 16.9. The van der Waals surface area contributed by atoms with E-state index < -0.39 is 10.8 Å². The minimum absolute atomic E-state index is 0.119. The maximum Gasteiger partial charge on any atom is 0.271 e. The van der Waals surface area contributed by atoms with Gasteiger partial charge in [0.15, 0.2) is 0 Å². The van der Waals surface area contributed by atoms with E-state index in [9.17, 15) is 24.5 Å². The number of hydrogen-bond donors (Lipinski definition) is 1. The van der Waals surface area contributed by atoms with E-state index in [4.69, 9.17) is 0 Å². The van der Waals surface area contributed by atoms with Crippen molar-refractivity contribution >= 4 is 34.8 Å². The molecule has 2 aromatic carbocycles. The van der Waals surface area contributed by atoms with Crippen molar-refractivity contribution in [1.29, 1.82) is 0 Å². The van der Waals surface area contributed by atoms with Gasteiger partial charge >= 0.3 is 0 Å². The van der Waals surface area contributed by atoms with E-state index in [0.29, 0.717) is 28.8 Å². The van der Waals surface area contributed by atoms with Gasteiger partial charge in [-0.15, -0.1) is 0 Å². The molecule has 3 fully saturated rings. The molecule has 0 aromatic heterocycles. The van der Waals surface area contributed by atoms with Crippen LogP contribution in [0.15, 0.2) is 60.7 Å². The normalized spacial score (nSPS) is 31.3. The molecule has 1 heterocycles. The Bertz CT molecular complexity index is 1180. The lowest BCUT2D eigenvalue weighted by molar-refractivity contribution is -0.384. The molecule has 4 aliphatic carbocycles. The van der Waals surface area contributed by atoms with Crippen LogP contribution in [0, 0.1) is 45.6 Å². The van der Waals surface area contributed by atoms with Crippen LogP contribution in [0.2, 0.25) is 0 Å². The average molecular weight is 429 g/mol. The highest BCUT2D eigenvalue weighted by atomic mass is 16.6. The second-order valence-electron chi connectivity index (χ2n) is 8.97. The van der Waals surface area contributed by atoms with Crippen molar-refractivity contribution in [2.45, 2.75) is 6.42 Å². The van der Waals surface area contributed by atoms with Crippen molar-refractivity contribution in [3.05, 3.63) is 76.4 Å². The number of amides is 3. The lowest BCUT2D eigenvalue weighted by atomic mass is 9.63. The molecule has 0 radical (unpaired) electrons. The van der Waals surface area contributed by atoms with Crippen LogP contribution in [0.4, 0.5) is 17.1 Å². The van der Waals surface area contributed by atoms with Crippen molar-refractivity contribution in [2.24, 2.45) is 35.5 Å². The SMILES string of the molecule is O=C(Nc1cccc([N+](=O)[O-])c1)c1ccc(N2C(=O)[C@H]3[C@@H]4C=C[C@@H]([C@H]5C[C@H]45)[C@@H]3C2=O)cc1. The van der Waals surface area contributed by atoms with Gasteiger partial charge in [-0.25, -0.2) is 0 Å². The number of allylic oxidation sites excluding steroid dienone is 2. The van der Waals surface area contributed by atoms with E-state index in [-0.39, 0.29) is 41.2 Å². The summed E-state index contributed by atoms with van der Waals surface area (Å²) in [5, 5.41) is 13.5. The molecular weight excluding hydrogens is 410 g/mol. The Hall–Kier alpha value is -3.81. The number of carbonyl (C=O) groups excluding carboxylic acids is 3. The number of hydrogen-bond acceptors (Lipinski definition) is 5. The first-order valence-electron chi connectivity index (χ1n) is 10.7. The van der Waals surface area contributed by atoms with Crippen LogP contribution in [0.1, 0.15) is 16.8 Å². The van der Waals surface area contributed by atoms with Gasteiger partial charge in [-0.05, 0) is 60.4 Å². The zero-order chi connectivity index (χ0) is 22.1. The third-order valence-corrected chi connectivity index (χ3v) is 7.37. The first kappa shape index (κ1) is 18.9. The van der Waals surface area contributed by atoms with Crippen molar-refractivity contribution in [3.8, 4) is 0 Å². The molecule has 1 aliphatic heterocycles. The molecule has 8 heteroatoms. The molecule has 7 rings (SSSR count). The molecule has 32 heavy (non-hydrogen) atoms. The fourth-order valence-electron chi connectivity index (χ4n) is 5.87. The standard InChI is InChI=1S/C24H19N3O5/c28-22(25-13-2-1-3-15(10-13)27(31)32)12-4-6-14(7-5-12)26-23(29)20-16-8-9-17(19-11-18(16)19)21(20)24(26)30/h1-10,16-21H,11H2,(H,25,28)/t16-,17+,18-,19-,20+,21+/m1/s1. The van der Waals surface area contributed by atoms with E-state index in [1.165, 1.54) is 23.1 Å². The number of non-ortho nitro benzene ring substituents is 1. The third kappa shape index (κ3) is 2.65. The summed E-state index contributed by atoms with van der Waals surface area (Å²) in [6.45, 7) is 0. The summed E-state index contributed by atoms with van der Waals surface area (Å²) in [6, 6.07) is 12.0. The number of benzene rings is 2. The van der Waals surface area contributed by atoms with Crippen LogP contribution in [0.3, 0.4) is 0 Å². The molecule has 160 valence electrons. The second-order valence-corrected chi connectivity index (χ2v) is 8.97. The molecule has 5 aliphatic rings. The van der Waals surface area contributed by atoms with Gasteiger partial charge in [0.25, 0.3) is 11.6 Å². The molecular formula is C24H19N3O5. The monoisotopic (exact) mass is 429 g/mol. The van der Waals surface area contributed by atoms with Crippen molar-refractivity contribution < 1.29 is 19.3 Å². The highest BCUT2D eigenvalue weighted by molar-refractivity contribution is 6.22. The number of nitro benzene ring substituents is 1. The van der Waals surface area contributed by atoms with Gasteiger partial charge in [0.2, 0.25) is 11.8 Å². The summed E-state index contributed by atoms with van der Waals surface area (Å²) in [6.07, 6.45) is 5.39. The summed E-state index contributed by atoms with van der Waals surface area (Å²) in [4.78, 5) is 50.6. The smallest absolute Gasteiger partial charge is 0.271 e. The summed E-state index contributed by atoms with van der Waals surface area (Å²) in [7, 11) is 0. The van der Waals surface area contributed by atoms with Gasteiger partial charge in [0, 0.05) is 23.4 Å². The molecule has 1 N–H and O–H groups in total. The number of carbonyl (C=O) groups is 3. The van der Waals surface area contributed by atoms with E-state index in [0.717, 1.165) is 6.42 Å². The van der Waals surface area contributed by atoms with Gasteiger partial charge in [-0.1, -0.05) is 18.2 Å². The predicted octanol–water partition coefficient (Wildman–Crippen LogP) is 3.40. The lowest BCUT2D eigenvalue weighted by Crippen LogP contribution is -2.40. The van der Waals surface area contributed by atoms with E-state index in [1.807, 2.05) is 0 Å². The van der Waals surface area contributed by atoms with Crippen LogP contribution in [-0.4, -0.2) is 22.6 Å². The Kier molecular flexibility index (Phi) is 3.90. The average Bonchev–Trinajstić information content (AvgIpc) is 3.57. The van der Waals surface area contributed by atoms with Crippen molar-refractivity contribution in [3.63, 3.8) is 0 Å². The first-order valence-corrected chi connectivity index (χ1v) is 10.7. The number of anilines is 2. The maximum atomic E-state index is 13.2. The Morgan fingerprint density at radius 2 is 1.59 bits per heavy atom. The molecule has 2 aromatic rings. The third-order valence-electron chi connectivity index (χ3n) is 7.37. The summed E-state index contributed by atoms with van der Waals surface area (Å²) in [5.41, 5.74) is 0.977. The number of nitrogens with one attached hydrogen (secondary N) is 1. The first-order chi connectivity index (χ1) is 15.4. The summed E-state index contributed by atoms with van der Waals surface area (Å²) in [5.74, 6) is 0.166. The van der Waals surface area contributed by atoms with Crippen LogP contribution in [-0.2, 0) is 9.59 Å². The van der Waals surface area contributed by atoms with Crippen molar-refractivity contribution in [2.75, 3.05) is 10.2 Å². The van der Waals surface area contributed by atoms with Gasteiger partial charge in [0.1, 0.15) is 0 Å². The van der Waals surface area contributed by atoms with E-state index in [2.05, 4.69) is 17.5 Å². The van der Waals surface area contributed by atoms with E-state index in [1.54, 1.807) is 30.3 Å². The van der Waals surface area contributed by atoms with Gasteiger partial charge in [-0.2, -0.15) is 0 Å². The Labute approximate surface area is 183 Å². The van der Waals surface area contributed by atoms with Gasteiger partial charge in [-0.3, -0.25) is 29.4 Å². The van der Waals surface area contributed by atoms with Crippen molar-refractivity contribution in [1.82, 2.24) is 0 Å². The fraction of sp³-hybridized carbons (Fsp3) is 0.292. The summed E-state index contributed by atoms with van der Waals surface area (Å²) >= 11 is 0. The minimum Gasteiger partial charge on any atom is -0.322 e. The Morgan fingerprint density at radius 3 is 2.19 bits per heavy atom. The van der Waals surface area contributed by atoms with Crippen LogP contribution in [0.25, 0.3) is 0 Å². The van der Waals surface area contributed by atoms with Gasteiger partial charge in [0.05, 0.1) is 22.4 Å². The molecule has 1 saturated heterocycles. The van der Waals surface area contributed by atoms with Crippen LogP contribution >= 0.6 is 0 Å². The highest BCUT2D eigenvalue weighted by Gasteiger charge is 2.67. The fourth-order valence-corrected chi connectivity index (χ4v) is 5.87. The Morgan fingerprint density at radius 1 is 0.969 bits per heavy atom. The molecule has 6 atom stereocenters. The van der Waals surface area contributed by atoms with Gasteiger partial charge < -0.3 is 5.32 Å². The van der Waals surface area contributed by atoms with Crippen LogP contribution in [0.5, 0.6) is 0 Å². The highest BCUT2D eigenvalue weighted by Crippen LogP contribution is 2.65. The minimum atomic E-state index is -0.530. The zero-order valence-corrected chi connectivity index (χ0v) is 16.9. The molecule has 0 unspecified atom stereocenters. The topological polar surface area (TPSA) is 110 Å². The quantitative estimate of drug-likeness (QED) is 0.347. The number of imide groups is 1. The number of nitro groups is 1. The second kappa shape index (κ2) is 6.59. The number of nitrogens with zero attached hydrogens (tertiary/aromatic N) is 2. The summed E-state index contributed by atoms with van der Waals surface area (Å²) < 4.78 is 0. The molecule has 0 spiro atoms. The predicted molar refractivity (Wildman–Crippen MR) is 115 cm³/mol. The lowest BCUT2D eigenvalue weighted by Gasteiger charge is -2.37. The molecule has 8 nitrogen and oxygen atoms in total. The van der Waals surface area contributed by atoms with E-state index >= 15 is 0 Å². The molecule has 2 bridgehead atoms.